The molecule has 0 bridgehead atoms. The molecule has 2 rings (SSSR count). The summed E-state index contributed by atoms with van der Waals surface area (Å²) >= 11 is 1.43. The van der Waals surface area contributed by atoms with Gasteiger partial charge < -0.3 is 0 Å². The van der Waals surface area contributed by atoms with Gasteiger partial charge in [-0.3, -0.25) is 0 Å². The Morgan fingerprint density at radius 3 is 3.17 bits per heavy atom. The van der Waals surface area contributed by atoms with Crippen LogP contribution in [0.3, 0.4) is 0 Å². The summed E-state index contributed by atoms with van der Waals surface area (Å²) in [5.41, 5.74) is 0. The van der Waals surface area contributed by atoms with E-state index < -0.39 is 0 Å². The molecule has 3 nitrogen and oxygen atoms in total. The lowest BCUT2D eigenvalue weighted by molar-refractivity contribution is 0.846. The Bertz CT molecular complexity index is 382. The van der Waals surface area contributed by atoms with E-state index in [0.717, 1.165) is 28.9 Å². The van der Waals surface area contributed by atoms with Gasteiger partial charge in [-0.15, -0.1) is 0 Å². The number of nitrogens with zero attached hydrogens (tertiary/aromatic N) is 3. The minimum Gasteiger partial charge on any atom is -0.241 e. The molecule has 0 N–H and O–H groups in total. The largest absolute Gasteiger partial charge is 0.241 e. The van der Waals surface area contributed by atoms with Crippen LogP contribution in [0.5, 0.6) is 0 Å². The van der Waals surface area contributed by atoms with Crippen molar-refractivity contribution in [2.45, 2.75) is 19.8 Å². The van der Waals surface area contributed by atoms with E-state index in [9.17, 15) is 0 Å². The highest BCUT2D eigenvalue weighted by Gasteiger charge is 1.99. The second-order valence-corrected chi connectivity index (χ2v) is 3.40. The first-order valence-corrected chi connectivity index (χ1v) is 4.74. The molecule has 0 aromatic carbocycles. The van der Waals surface area contributed by atoms with Gasteiger partial charge in [0.15, 0.2) is 0 Å². The summed E-state index contributed by atoms with van der Waals surface area (Å²) in [7, 11) is 0. The zero-order valence-electron chi connectivity index (χ0n) is 6.82. The van der Waals surface area contributed by atoms with Crippen molar-refractivity contribution >= 4 is 21.7 Å². The molecular formula is C8H9N3S. The van der Waals surface area contributed by atoms with Crippen molar-refractivity contribution in [2.24, 2.45) is 0 Å². The van der Waals surface area contributed by atoms with Gasteiger partial charge in [-0.2, -0.15) is 4.37 Å². The van der Waals surface area contributed by atoms with Gasteiger partial charge in [0.05, 0.1) is 6.20 Å². The van der Waals surface area contributed by atoms with Crippen molar-refractivity contribution < 1.29 is 0 Å². The first-order valence-electron chi connectivity index (χ1n) is 3.96. The van der Waals surface area contributed by atoms with E-state index in [1.54, 1.807) is 6.20 Å². The Balaban J connectivity index is 2.46. The molecule has 0 spiro atoms. The third kappa shape index (κ3) is 1.30. The van der Waals surface area contributed by atoms with Crippen LogP contribution in [0.25, 0.3) is 10.2 Å². The van der Waals surface area contributed by atoms with Crippen LogP contribution < -0.4 is 0 Å². The normalized spacial score (nSPS) is 10.8. The second kappa shape index (κ2) is 3.15. The molecule has 0 atom stereocenters. The van der Waals surface area contributed by atoms with Gasteiger partial charge in [0, 0.05) is 18.0 Å². The van der Waals surface area contributed by atoms with Crippen LogP contribution >= 0.6 is 11.5 Å². The molecule has 0 radical (unpaired) electrons. The molecule has 12 heavy (non-hydrogen) atoms. The molecule has 0 amide bonds. The minimum absolute atomic E-state index is 0.925. The highest BCUT2D eigenvalue weighted by Crippen LogP contribution is 2.13. The fourth-order valence-corrected chi connectivity index (χ4v) is 1.67. The maximum Gasteiger partial charge on any atom is 0.147 e. The van der Waals surface area contributed by atoms with E-state index in [1.165, 1.54) is 11.5 Å². The molecule has 0 fully saturated rings. The third-order valence-electron chi connectivity index (χ3n) is 1.63. The molecule has 0 saturated carbocycles. The lowest BCUT2D eigenvalue weighted by Gasteiger charge is -1.94. The summed E-state index contributed by atoms with van der Waals surface area (Å²) in [4.78, 5) is 9.59. The maximum atomic E-state index is 4.37. The van der Waals surface area contributed by atoms with E-state index in [-0.39, 0.29) is 0 Å². The summed E-state index contributed by atoms with van der Waals surface area (Å²) in [5.74, 6) is 0.925. The lowest BCUT2D eigenvalue weighted by atomic mass is 10.3. The Hall–Kier alpha value is -1.03. The van der Waals surface area contributed by atoms with E-state index in [0.29, 0.717) is 0 Å². The topological polar surface area (TPSA) is 38.7 Å². The zero-order valence-corrected chi connectivity index (χ0v) is 7.64. The van der Waals surface area contributed by atoms with Crippen LogP contribution in [0.4, 0.5) is 0 Å². The Morgan fingerprint density at radius 1 is 1.42 bits per heavy atom. The Morgan fingerprint density at radius 2 is 2.33 bits per heavy atom. The van der Waals surface area contributed by atoms with Crippen LogP contribution in [-0.4, -0.2) is 14.3 Å². The predicted molar refractivity (Wildman–Crippen MR) is 49.2 cm³/mol. The summed E-state index contributed by atoms with van der Waals surface area (Å²) < 4.78 is 4.04. The number of hydrogen-bond donors (Lipinski definition) is 0. The van der Waals surface area contributed by atoms with Crippen molar-refractivity contribution in [3.8, 4) is 0 Å². The van der Waals surface area contributed by atoms with Crippen LogP contribution in [0, 0.1) is 0 Å². The van der Waals surface area contributed by atoms with Gasteiger partial charge in [-0.05, 0) is 18.0 Å². The molecule has 62 valence electrons. The van der Waals surface area contributed by atoms with Crippen molar-refractivity contribution in [1.82, 2.24) is 14.3 Å². The highest BCUT2D eigenvalue weighted by atomic mass is 32.1. The molecule has 0 unspecified atom stereocenters. The van der Waals surface area contributed by atoms with Gasteiger partial charge in [-0.25, -0.2) is 9.97 Å². The number of rotatable bonds is 2. The SMILES string of the molecule is CCCc1ncc2cnsc2n1. The van der Waals surface area contributed by atoms with E-state index in [4.69, 9.17) is 0 Å². The summed E-state index contributed by atoms with van der Waals surface area (Å²) in [5, 5.41) is 1.04. The second-order valence-electron chi connectivity index (χ2n) is 2.62. The Labute approximate surface area is 74.6 Å². The predicted octanol–water partition coefficient (Wildman–Crippen LogP) is 2.04. The molecule has 4 heteroatoms. The first-order chi connectivity index (χ1) is 5.90. The fourth-order valence-electron chi connectivity index (χ4n) is 1.05. The number of fused-ring (bicyclic) bond motifs is 1. The van der Waals surface area contributed by atoms with Crippen molar-refractivity contribution in [3.63, 3.8) is 0 Å². The Kier molecular flexibility index (Phi) is 1.99. The number of hydrogen-bond acceptors (Lipinski definition) is 4. The molecular weight excluding hydrogens is 170 g/mol. The van der Waals surface area contributed by atoms with Crippen LogP contribution in [0.2, 0.25) is 0 Å². The number of aromatic nitrogens is 3. The molecule has 2 aromatic heterocycles. The average Bonchev–Trinajstić information content (AvgIpc) is 2.51. The van der Waals surface area contributed by atoms with Gasteiger partial charge in [0.1, 0.15) is 10.7 Å². The maximum absolute atomic E-state index is 4.37. The lowest BCUT2D eigenvalue weighted by Crippen LogP contribution is -1.91. The standard InChI is InChI=1S/C8H9N3S/c1-2-3-7-9-4-6-5-10-12-8(6)11-7/h4-5H,2-3H2,1H3. The molecule has 0 aliphatic heterocycles. The summed E-state index contributed by atoms with van der Waals surface area (Å²) in [6.07, 6.45) is 5.69. The van der Waals surface area contributed by atoms with Gasteiger partial charge in [0.25, 0.3) is 0 Å². The van der Waals surface area contributed by atoms with E-state index in [1.807, 2.05) is 6.20 Å². The first kappa shape index (κ1) is 7.61. The highest BCUT2D eigenvalue weighted by molar-refractivity contribution is 7.12. The summed E-state index contributed by atoms with van der Waals surface area (Å²) in [6.45, 7) is 2.13. The van der Waals surface area contributed by atoms with Gasteiger partial charge >= 0.3 is 0 Å². The molecule has 2 heterocycles. The smallest absolute Gasteiger partial charge is 0.147 e. The minimum atomic E-state index is 0.925. The van der Waals surface area contributed by atoms with Crippen LogP contribution in [-0.2, 0) is 6.42 Å². The quantitative estimate of drug-likeness (QED) is 0.708. The van der Waals surface area contributed by atoms with Crippen molar-refractivity contribution in [3.05, 3.63) is 18.2 Å². The summed E-state index contributed by atoms with van der Waals surface area (Å²) in [6, 6.07) is 0. The molecule has 0 aliphatic rings. The zero-order chi connectivity index (χ0) is 8.39. The fraction of sp³-hybridized carbons (Fsp3) is 0.375. The van der Waals surface area contributed by atoms with Crippen molar-refractivity contribution in [2.75, 3.05) is 0 Å². The van der Waals surface area contributed by atoms with Gasteiger partial charge in [-0.1, -0.05) is 6.92 Å². The van der Waals surface area contributed by atoms with Gasteiger partial charge in [0.2, 0.25) is 0 Å². The monoisotopic (exact) mass is 179 g/mol. The molecule has 0 saturated heterocycles. The van der Waals surface area contributed by atoms with E-state index >= 15 is 0 Å². The third-order valence-corrected chi connectivity index (χ3v) is 2.35. The molecule has 0 aliphatic carbocycles. The van der Waals surface area contributed by atoms with Crippen LogP contribution in [0.1, 0.15) is 19.2 Å². The van der Waals surface area contributed by atoms with Crippen molar-refractivity contribution in [1.29, 1.82) is 0 Å². The number of aryl methyl sites for hydroxylation is 1. The average molecular weight is 179 g/mol. The van der Waals surface area contributed by atoms with Crippen LogP contribution in [0.15, 0.2) is 12.4 Å². The molecule has 2 aromatic rings. The van der Waals surface area contributed by atoms with E-state index in [2.05, 4.69) is 21.3 Å².